The first-order chi connectivity index (χ1) is 6.15. The van der Waals surface area contributed by atoms with Crippen LogP contribution in [-0.4, -0.2) is 13.1 Å². The van der Waals surface area contributed by atoms with Gasteiger partial charge in [0.2, 0.25) is 0 Å². The van der Waals surface area contributed by atoms with E-state index in [0.29, 0.717) is 10.7 Å². The molecule has 1 rings (SSSR count). The largest absolute Gasteiger partial charge is 0.341 e. The number of rotatable bonds is 1. The Morgan fingerprint density at radius 1 is 1.46 bits per heavy atom. The second-order valence-corrected chi connectivity index (χ2v) is 3.04. The standard InChI is InChI=1S/C9H11ClN2O/c1-6-4-3-5-7(10)8(6)12-9(13)11-2/h3-5H,1-2H3,(H2,11,12,13). The smallest absolute Gasteiger partial charge is 0.319 e. The van der Waals surface area contributed by atoms with E-state index in [-0.39, 0.29) is 6.03 Å². The number of hydrogen-bond donors (Lipinski definition) is 2. The van der Waals surface area contributed by atoms with Gasteiger partial charge in [-0.2, -0.15) is 0 Å². The number of benzene rings is 1. The van der Waals surface area contributed by atoms with Gasteiger partial charge in [0.05, 0.1) is 10.7 Å². The topological polar surface area (TPSA) is 41.1 Å². The Bertz CT molecular complexity index is 305. The molecule has 1 aromatic carbocycles. The Balaban J connectivity index is 2.93. The minimum atomic E-state index is -0.267. The molecule has 70 valence electrons. The fourth-order valence-electron chi connectivity index (χ4n) is 0.966. The van der Waals surface area contributed by atoms with Crippen LogP contribution in [0.3, 0.4) is 0 Å². The lowest BCUT2D eigenvalue weighted by atomic mass is 10.2. The third-order valence-electron chi connectivity index (χ3n) is 1.69. The summed E-state index contributed by atoms with van der Waals surface area (Å²) >= 11 is 5.89. The van der Waals surface area contributed by atoms with Crippen molar-refractivity contribution in [1.82, 2.24) is 5.32 Å². The molecule has 0 saturated carbocycles. The van der Waals surface area contributed by atoms with Crippen LogP contribution in [0.25, 0.3) is 0 Å². The normalized spacial score (nSPS) is 9.46. The van der Waals surface area contributed by atoms with Gasteiger partial charge in [0.1, 0.15) is 0 Å². The van der Waals surface area contributed by atoms with Gasteiger partial charge >= 0.3 is 6.03 Å². The molecule has 3 nitrogen and oxygen atoms in total. The molecular weight excluding hydrogens is 188 g/mol. The van der Waals surface area contributed by atoms with Crippen LogP contribution in [0, 0.1) is 6.92 Å². The number of para-hydroxylation sites is 1. The van der Waals surface area contributed by atoms with Crippen molar-refractivity contribution in [1.29, 1.82) is 0 Å². The molecule has 13 heavy (non-hydrogen) atoms. The molecule has 1 aromatic rings. The van der Waals surface area contributed by atoms with E-state index in [0.717, 1.165) is 5.56 Å². The summed E-state index contributed by atoms with van der Waals surface area (Å²) < 4.78 is 0. The first-order valence-electron chi connectivity index (χ1n) is 3.89. The van der Waals surface area contributed by atoms with Gasteiger partial charge in [0, 0.05) is 7.05 Å². The molecule has 0 atom stereocenters. The van der Waals surface area contributed by atoms with Crippen LogP contribution in [0.1, 0.15) is 5.56 Å². The third kappa shape index (κ3) is 2.36. The van der Waals surface area contributed by atoms with Crippen LogP contribution in [0.5, 0.6) is 0 Å². The zero-order chi connectivity index (χ0) is 9.84. The van der Waals surface area contributed by atoms with E-state index in [4.69, 9.17) is 11.6 Å². The van der Waals surface area contributed by atoms with Crippen molar-refractivity contribution < 1.29 is 4.79 Å². The number of urea groups is 1. The van der Waals surface area contributed by atoms with Crippen molar-refractivity contribution in [3.63, 3.8) is 0 Å². The molecule has 0 aliphatic carbocycles. The first kappa shape index (κ1) is 9.86. The lowest BCUT2D eigenvalue weighted by Gasteiger charge is -2.08. The van der Waals surface area contributed by atoms with Gasteiger partial charge in [-0.25, -0.2) is 4.79 Å². The summed E-state index contributed by atoms with van der Waals surface area (Å²) in [7, 11) is 1.56. The van der Waals surface area contributed by atoms with Crippen LogP contribution >= 0.6 is 11.6 Å². The lowest BCUT2D eigenvalue weighted by Crippen LogP contribution is -2.25. The van der Waals surface area contributed by atoms with Crippen LogP contribution in [0.4, 0.5) is 10.5 Å². The molecule has 0 heterocycles. The molecule has 0 saturated heterocycles. The second kappa shape index (κ2) is 4.14. The Hall–Kier alpha value is -1.22. The monoisotopic (exact) mass is 198 g/mol. The van der Waals surface area contributed by atoms with Crippen LogP contribution < -0.4 is 10.6 Å². The molecule has 0 spiro atoms. The number of halogens is 1. The number of amides is 2. The highest BCUT2D eigenvalue weighted by molar-refractivity contribution is 6.33. The zero-order valence-corrected chi connectivity index (χ0v) is 8.27. The van der Waals surface area contributed by atoms with Gasteiger partial charge in [0.15, 0.2) is 0 Å². The van der Waals surface area contributed by atoms with Crippen LogP contribution in [0.15, 0.2) is 18.2 Å². The Morgan fingerprint density at radius 3 is 2.69 bits per heavy atom. The summed E-state index contributed by atoms with van der Waals surface area (Å²) in [6, 6.07) is 5.19. The van der Waals surface area contributed by atoms with E-state index >= 15 is 0 Å². The molecule has 0 fully saturated rings. The molecule has 2 amide bonds. The van der Waals surface area contributed by atoms with Crippen LogP contribution in [0.2, 0.25) is 5.02 Å². The van der Waals surface area contributed by atoms with Gasteiger partial charge in [0.25, 0.3) is 0 Å². The van der Waals surface area contributed by atoms with E-state index < -0.39 is 0 Å². The van der Waals surface area contributed by atoms with Gasteiger partial charge in [-0.1, -0.05) is 23.7 Å². The average Bonchev–Trinajstić information content (AvgIpc) is 2.11. The maximum atomic E-state index is 11.0. The van der Waals surface area contributed by atoms with E-state index in [1.54, 1.807) is 13.1 Å². The highest BCUT2D eigenvalue weighted by atomic mass is 35.5. The fourth-order valence-corrected chi connectivity index (χ4v) is 1.24. The zero-order valence-electron chi connectivity index (χ0n) is 7.52. The highest BCUT2D eigenvalue weighted by Gasteiger charge is 2.05. The van der Waals surface area contributed by atoms with Gasteiger partial charge in [-0.05, 0) is 18.6 Å². The van der Waals surface area contributed by atoms with Gasteiger partial charge < -0.3 is 10.6 Å². The van der Waals surface area contributed by atoms with Crippen molar-refractivity contribution in [2.75, 3.05) is 12.4 Å². The molecule has 4 heteroatoms. The molecule has 0 radical (unpaired) electrons. The maximum absolute atomic E-state index is 11.0. The predicted octanol–water partition coefficient (Wildman–Crippen LogP) is 2.40. The van der Waals surface area contributed by atoms with Crippen molar-refractivity contribution in [3.8, 4) is 0 Å². The number of anilines is 1. The summed E-state index contributed by atoms with van der Waals surface area (Å²) in [6.07, 6.45) is 0. The lowest BCUT2D eigenvalue weighted by molar-refractivity contribution is 0.254. The first-order valence-corrected chi connectivity index (χ1v) is 4.27. The number of carbonyl (C=O) groups excluding carboxylic acids is 1. The Morgan fingerprint density at radius 2 is 2.15 bits per heavy atom. The highest BCUT2D eigenvalue weighted by Crippen LogP contribution is 2.24. The van der Waals surface area contributed by atoms with E-state index in [2.05, 4.69) is 10.6 Å². The maximum Gasteiger partial charge on any atom is 0.319 e. The minimum Gasteiger partial charge on any atom is -0.341 e. The quantitative estimate of drug-likeness (QED) is 0.715. The SMILES string of the molecule is CNC(=O)Nc1c(C)cccc1Cl. The summed E-state index contributed by atoms with van der Waals surface area (Å²) in [5, 5.41) is 5.65. The van der Waals surface area contributed by atoms with Crippen molar-refractivity contribution in [3.05, 3.63) is 28.8 Å². The molecule has 2 N–H and O–H groups in total. The molecule has 0 bridgehead atoms. The second-order valence-electron chi connectivity index (χ2n) is 2.64. The minimum absolute atomic E-state index is 0.267. The summed E-state index contributed by atoms with van der Waals surface area (Å²) in [5.74, 6) is 0. The average molecular weight is 199 g/mol. The summed E-state index contributed by atoms with van der Waals surface area (Å²) in [5.41, 5.74) is 1.60. The van der Waals surface area contributed by atoms with E-state index in [1.165, 1.54) is 0 Å². The number of hydrogen-bond acceptors (Lipinski definition) is 1. The third-order valence-corrected chi connectivity index (χ3v) is 2.00. The molecule has 0 unspecified atom stereocenters. The molecule has 0 aliphatic rings. The van der Waals surface area contributed by atoms with E-state index in [1.807, 2.05) is 19.1 Å². The fraction of sp³-hybridized carbons (Fsp3) is 0.222. The molecule has 0 aliphatic heterocycles. The van der Waals surface area contributed by atoms with E-state index in [9.17, 15) is 4.79 Å². The Labute approximate surface area is 82.1 Å². The van der Waals surface area contributed by atoms with Crippen molar-refractivity contribution in [2.24, 2.45) is 0 Å². The van der Waals surface area contributed by atoms with Crippen molar-refractivity contribution in [2.45, 2.75) is 6.92 Å². The van der Waals surface area contributed by atoms with Crippen LogP contribution in [-0.2, 0) is 0 Å². The number of carbonyl (C=O) groups is 1. The molecule has 0 aromatic heterocycles. The van der Waals surface area contributed by atoms with Crippen molar-refractivity contribution >= 4 is 23.3 Å². The Kier molecular flexibility index (Phi) is 3.14. The predicted molar refractivity (Wildman–Crippen MR) is 54.3 cm³/mol. The number of aryl methyl sites for hydroxylation is 1. The van der Waals surface area contributed by atoms with Gasteiger partial charge in [-0.15, -0.1) is 0 Å². The van der Waals surface area contributed by atoms with Gasteiger partial charge in [-0.3, -0.25) is 0 Å². The summed E-state index contributed by atoms with van der Waals surface area (Å²) in [6.45, 7) is 1.89. The molecular formula is C9H11ClN2O. The summed E-state index contributed by atoms with van der Waals surface area (Å²) in [4.78, 5) is 11.0. The number of nitrogens with one attached hydrogen (secondary N) is 2.